The highest BCUT2D eigenvalue weighted by atomic mass is 15.0. The molecule has 0 saturated heterocycles. The molecule has 2 aromatic carbocycles. The molecule has 0 aromatic heterocycles. The molecule has 0 aliphatic rings. The number of benzene rings is 2. The van der Waals surface area contributed by atoms with Crippen molar-refractivity contribution in [3.8, 4) is 0 Å². The van der Waals surface area contributed by atoms with Crippen LogP contribution in [-0.4, -0.2) is 6.67 Å². The maximum Gasteiger partial charge on any atom is 0.0628 e. The Kier molecular flexibility index (Phi) is 3.57. The third-order valence-corrected chi connectivity index (χ3v) is 2.51. The van der Waals surface area contributed by atoms with Crippen LogP contribution < -0.4 is 11.1 Å². The van der Waals surface area contributed by atoms with Gasteiger partial charge in [-0.2, -0.15) is 0 Å². The summed E-state index contributed by atoms with van der Waals surface area (Å²) in [5.74, 6) is 0. The Labute approximate surface area is 96.1 Å². The van der Waals surface area contributed by atoms with Gasteiger partial charge in [0.05, 0.1) is 6.67 Å². The Bertz CT molecular complexity index is 420. The summed E-state index contributed by atoms with van der Waals surface area (Å²) >= 11 is 0. The number of nitrogens with one attached hydrogen (secondary N) is 1. The molecule has 0 aliphatic heterocycles. The zero-order chi connectivity index (χ0) is 11.2. The number of hydrogen-bond acceptors (Lipinski definition) is 2. The number of anilines is 1. The second-order valence-corrected chi connectivity index (χ2v) is 3.74. The maximum absolute atomic E-state index is 5.41. The van der Waals surface area contributed by atoms with Gasteiger partial charge in [0.2, 0.25) is 0 Å². The first kappa shape index (κ1) is 10.7. The zero-order valence-corrected chi connectivity index (χ0v) is 9.19. The normalized spacial score (nSPS) is 10.1. The number of hydrogen-bond donors (Lipinski definition) is 2. The van der Waals surface area contributed by atoms with Crippen LogP contribution in [0.4, 0.5) is 5.69 Å². The van der Waals surface area contributed by atoms with Crippen LogP contribution in [0.5, 0.6) is 0 Å². The molecular formula is C14H16N2. The Morgan fingerprint density at radius 3 is 2.06 bits per heavy atom. The maximum atomic E-state index is 5.41. The van der Waals surface area contributed by atoms with E-state index in [-0.39, 0.29) is 0 Å². The van der Waals surface area contributed by atoms with Crippen LogP contribution in [0.15, 0.2) is 54.6 Å². The highest BCUT2D eigenvalue weighted by Gasteiger charge is 1.95. The van der Waals surface area contributed by atoms with Crippen LogP contribution in [-0.2, 0) is 6.42 Å². The third-order valence-electron chi connectivity index (χ3n) is 2.51. The summed E-state index contributed by atoms with van der Waals surface area (Å²) in [7, 11) is 0. The van der Waals surface area contributed by atoms with E-state index in [9.17, 15) is 0 Å². The molecular weight excluding hydrogens is 196 g/mol. The van der Waals surface area contributed by atoms with Crippen LogP contribution in [0.1, 0.15) is 11.1 Å². The minimum atomic E-state index is 0.470. The average molecular weight is 212 g/mol. The molecule has 0 atom stereocenters. The van der Waals surface area contributed by atoms with Gasteiger partial charge >= 0.3 is 0 Å². The molecule has 0 aliphatic carbocycles. The van der Waals surface area contributed by atoms with Crippen LogP contribution >= 0.6 is 0 Å². The van der Waals surface area contributed by atoms with Crippen molar-refractivity contribution < 1.29 is 0 Å². The highest BCUT2D eigenvalue weighted by molar-refractivity contribution is 5.45. The minimum Gasteiger partial charge on any atom is -0.373 e. The van der Waals surface area contributed by atoms with E-state index in [4.69, 9.17) is 5.73 Å². The fourth-order valence-electron chi connectivity index (χ4n) is 1.69. The van der Waals surface area contributed by atoms with Gasteiger partial charge in [0.25, 0.3) is 0 Å². The SMILES string of the molecule is NCNc1ccc(Cc2ccccc2)cc1. The van der Waals surface area contributed by atoms with E-state index in [0.717, 1.165) is 12.1 Å². The summed E-state index contributed by atoms with van der Waals surface area (Å²) in [6.45, 7) is 0.470. The van der Waals surface area contributed by atoms with Crippen molar-refractivity contribution in [2.24, 2.45) is 5.73 Å². The first-order chi connectivity index (χ1) is 7.88. The van der Waals surface area contributed by atoms with Crippen molar-refractivity contribution >= 4 is 5.69 Å². The third kappa shape index (κ3) is 2.84. The number of rotatable bonds is 4. The zero-order valence-electron chi connectivity index (χ0n) is 9.19. The van der Waals surface area contributed by atoms with Gasteiger partial charge in [-0.15, -0.1) is 0 Å². The van der Waals surface area contributed by atoms with Gasteiger partial charge in [-0.05, 0) is 29.7 Å². The predicted molar refractivity (Wildman–Crippen MR) is 68.4 cm³/mol. The minimum absolute atomic E-state index is 0.470. The molecule has 0 spiro atoms. The summed E-state index contributed by atoms with van der Waals surface area (Å²) in [6, 6.07) is 18.8. The molecule has 2 nitrogen and oxygen atoms in total. The summed E-state index contributed by atoms with van der Waals surface area (Å²) in [6.07, 6.45) is 0.976. The molecule has 0 unspecified atom stereocenters. The smallest absolute Gasteiger partial charge is 0.0628 e. The van der Waals surface area contributed by atoms with Gasteiger partial charge in [0, 0.05) is 5.69 Å². The van der Waals surface area contributed by atoms with Crippen LogP contribution in [0.2, 0.25) is 0 Å². The van der Waals surface area contributed by atoms with Crippen LogP contribution in [0.3, 0.4) is 0 Å². The van der Waals surface area contributed by atoms with E-state index < -0.39 is 0 Å². The van der Waals surface area contributed by atoms with E-state index in [1.54, 1.807) is 0 Å². The van der Waals surface area contributed by atoms with E-state index in [1.165, 1.54) is 11.1 Å². The van der Waals surface area contributed by atoms with Gasteiger partial charge in [-0.25, -0.2) is 0 Å². The molecule has 0 radical (unpaired) electrons. The van der Waals surface area contributed by atoms with Crippen LogP contribution in [0, 0.1) is 0 Å². The molecule has 3 N–H and O–H groups in total. The molecule has 0 fully saturated rings. The lowest BCUT2D eigenvalue weighted by Crippen LogP contribution is -2.10. The van der Waals surface area contributed by atoms with E-state index in [0.29, 0.717) is 6.67 Å². The van der Waals surface area contributed by atoms with Gasteiger partial charge < -0.3 is 11.1 Å². The quantitative estimate of drug-likeness (QED) is 0.764. The van der Waals surface area contributed by atoms with Crippen LogP contribution in [0.25, 0.3) is 0 Å². The van der Waals surface area contributed by atoms with Crippen molar-refractivity contribution in [3.05, 3.63) is 65.7 Å². The lowest BCUT2D eigenvalue weighted by Gasteiger charge is -2.05. The van der Waals surface area contributed by atoms with Crippen molar-refractivity contribution in [3.63, 3.8) is 0 Å². The molecule has 16 heavy (non-hydrogen) atoms. The lowest BCUT2D eigenvalue weighted by atomic mass is 10.1. The first-order valence-corrected chi connectivity index (χ1v) is 5.45. The van der Waals surface area contributed by atoms with E-state index in [2.05, 4.69) is 53.8 Å². The highest BCUT2D eigenvalue weighted by Crippen LogP contribution is 2.12. The fourth-order valence-corrected chi connectivity index (χ4v) is 1.69. The molecule has 0 amide bonds. The standard InChI is InChI=1S/C14H16N2/c15-11-16-14-8-6-13(7-9-14)10-12-4-2-1-3-5-12/h1-9,16H,10-11,15H2. The Balaban J connectivity index is 2.05. The lowest BCUT2D eigenvalue weighted by molar-refractivity contribution is 1.14. The Morgan fingerprint density at radius 2 is 1.44 bits per heavy atom. The molecule has 0 saturated carbocycles. The molecule has 2 heteroatoms. The van der Waals surface area contributed by atoms with Gasteiger partial charge in [-0.1, -0.05) is 42.5 Å². The van der Waals surface area contributed by atoms with Crippen molar-refractivity contribution in [1.82, 2.24) is 0 Å². The Morgan fingerprint density at radius 1 is 0.812 bits per heavy atom. The summed E-state index contributed by atoms with van der Waals surface area (Å²) < 4.78 is 0. The van der Waals surface area contributed by atoms with Gasteiger partial charge in [-0.3, -0.25) is 0 Å². The molecule has 2 aromatic rings. The van der Waals surface area contributed by atoms with E-state index >= 15 is 0 Å². The second-order valence-electron chi connectivity index (χ2n) is 3.74. The van der Waals surface area contributed by atoms with Gasteiger partial charge in [0.15, 0.2) is 0 Å². The van der Waals surface area contributed by atoms with Gasteiger partial charge in [0.1, 0.15) is 0 Å². The summed E-state index contributed by atoms with van der Waals surface area (Å²) in [4.78, 5) is 0. The summed E-state index contributed by atoms with van der Waals surface area (Å²) in [5.41, 5.74) is 9.13. The molecule has 0 bridgehead atoms. The average Bonchev–Trinajstić information content (AvgIpc) is 2.33. The fraction of sp³-hybridized carbons (Fsp3) is 0.143. The predicted octanol–water partition coefficient (Wildman–Crippen LogP) is 2.61. The summed E-state index contributed by atoms with van der Waals surface area (Å²) in [5, 5.41) is 3.08. The molecule has 0 heterocycles. The monoisotopic (exact) mass is 212 g/mol. The van der Waals surface area contributed by atoms with Crippen molar-refractivity contribution in [1.29, 1.82) is 0 Å². The van der Waals surface area contributed by atoms with Crippen molar-refractivity contribution in [2.45, 2.75) is 6.42 Å². The second kappa shape index (κ2) is 5.33. The van der Waals surface area contributed by atoms with Crippen molar-refractivity contribution in [2.75, 3.05) is 12.0 Å². The number of nitrogens with two attached hydrogens (primary N) is 1. The molecule has 82 valence electrons. The molecule has 2 rings (SSSR count). The van der Waals surface area contributed by atoms with E-state index in [1.807, 2.05) is 6.07 Å². The first-order valence-electron chi connectivity index (χ1n) is 5.45. The topological polar surface area (TPSA) is 38.0 Å². The largest absolute Gasteiger partial charge is 0.373 e. The Hall–Kier alpha value is -1.80.